The van der Waals surface area contributed by atoms with Gasteiger partial charge in [-0.25, -0.2) is 5.43 Å². The minimum atomic E-state index is -0.732. The van der Waals surface area contributed by atoms with Gasteiger partial charge in [0.2, 0.25) is 0 Å². The zero-order valence-corrected chi connectivity index (χ0v) is 19.9. The average molecular weight is 456 g/mol. The summed E-state index contributed by atoms with van der Waals surface area (Å²) in [6, 6.07) is 12.0. The molecule has 2 amide bonds. The molecular formula is C25H33N3O5. The Labute approximate surface area is 195 Å². The van der Waals surface area contributed by atoms with E-state index in [1.807, 2.05) is 45.9 Å². The number of hydrogen-bond acceptors (Lipinski definition) is 6. The third kappa shape index (κ3) is 8.48. The van der Waals surface area contributed by atoms with Gasteiger partial charge in [0.05, 0.1) is 19.9 Å². The van der Waals surface area contributed by atoms with Crippen molar-refractivity contribution in [1.29, 1.82) is 0 Å². The molecule has 0 unspecified atom stereocenters. The van der Waals surface area contributed by atoms with Crippen LogP contribution < -0.4 is 25.0 Å². The summed E-state index contributed by atoms with van der Waals surface area (Å²) in [5.74, 6) is 1.26. The maximum Gasteiger partial charge on any atom is 0.262 e. The number of para-hydroxylation sites is 1. The molecule has 0 aliphatic heterocycles. The number of ether oxygens (including phenoxy) is 3. The summed E-state index contributed by atoms with van der Waals surface area (Å²) in [6.07, 6.45) is 1.98. The molecule has 0 saturated carbocycles. The molecule has 0 aliphatic carbocycles. The van der Waals surface area contributed by atoms with Crippen molar-refractivity contribution in [2.75, 3.05) is 20.3 Å². The second-order valence-electron chi connectivity index (χ2n) is 7.88. The Morgan fingerprint density at radius 2 is 1.82 bits per heavy atom. The van der Waals surface area contributed by atoms with Gasteiger partial charge in [-0.2, -0.15) is 5.10 Å². The Morgan fingerprint density at radius 1 is 1.06 bits per heavy atom. The Balaban J connectivity index is 1.97. The fraction of sp³-hybridized carbons (Fsp3) is 0.400. The highest BCUT2D eigenvalue weighted by molar-refractivity contribution is 5.89. The van der Waals surface area contributed by atoms with Crippen molar-refractivity contribution >= 4 is 18.0 Å². The maximum absolute atomic E-state index is 12.7. The summed E-state index contributed by atoms with van der Waals surface area (Å²) >= 11 is 0. The van der Waals surface area contributed by atoms with E-state index in [2.05, 4.69) is 15.8 Å². The van der Waals surface area contributed by atoms with E-state index in [4.69, 9.17) is 14.2 Å². The number of nitrogens with zero attached hydrogens (tertiary/aromatic N) is 1. The number of nitrogens with one attached hydrogen (secondary N) is 2. The van der Waals surface area contributed by atoms with Crippen molar-refractivity contribution < 1.29 is 23.8 Å². The number of carbonyl (C=O) groups excluding carboxylic acids is 2. The van der Waals surface area contributed by atoms with Crippen molar-refractivity contribution in [2.45, 2.75) is 40.2 Å². The summed E-state index contributed by atoms with van der Waals surface area (Å²) in [4.78, 5) is 25.1. The molecular weight excluding hydrogens is 422 g/mol. The van der Waals surface area contributed by atoms with Crippen LogP contribution in [-0.4, -0.2) is 44.4 Å². The number of aryl methyl sites for hydroxylation is 1. The van der Waals surface area contributed by atoms with Crippen LogP contribution >= 0.6 is 0 Å². The standard InChI is InChI=1S/C25H33N3O5/c1-6-32-23-14-19(11-12-22(23)31-5)15-26-28-25(30)20(13-17(2)3)27-24(29)16-33-21-10-8-7-9-18(21)4/h7-12,14-15,17,20H,6,13,16H2,1-5H3,(H,27,29)(H,28,30)/b26-15-/t20-/m0/s1. The van der Waals surface area contributed by atoms with Gasteiger partial charge in [-0.15, -0.1) is 0 Å². The van der Waals surface area contributed by atoms with Crippen molar-refractivity contribution in [3.8, 4) is 17.2 Å². The Bertz CT molecular complexity index is 959. The minimum absolute atomic E-state index is 0.179. The van der Waals surface area contributed by atoms with Crippen molar-refractivity contribution in [2.24, 2.45) is 11.0 Å². The quantitative estimate of drug-likeness (QED) is 0.377. The summed E-state index contributed by atoms with van der Waals surface area (Å²) in [6.45, 7) is 8.06. The van der Waals surface area contributed by atoms with Crippen LogP contribution in [0.4, 0.5) is 0 Å². The zero-order chi connectivity index (χ0) is 24.2. The Morgan fingerprint density at radius 3 is 2.48 bits per heavy atom. The fourth-order valence-corrected chi connectivity index (χ4v) is 3.09. The minimum Gasteiger partial charge on any atom is -0.493 e. The lowest BCUT2D eigenvalue weighted by molar-refractivity contribution is -0.130. The summed E-state index contributed by atoms with van der Waals surface area (Å²) < 4.78 is 16.4. The molecule has 8 heteroatoms. The normalized spacial score (nSPS) is 11.8. The molecule has 33 heavy (non-hydrogen) atoms. The molecule has 2 rings (SSSR count). The van der Waals surface area contributed by atoms with Gasteiger partial charge in [-0.1, -0.05) is 32.0 Å². The number of carbonyl (C=O) groups is 2. The van der Waals surface area contributed by atoms with Gasteiger partial charge in [0.1, 0.15) is 11.8 Å². The molecule has 0 bridgehead atoms. The third-order valence-electron chi connectivity index (χ3n) is 4.69. The first kappa shape index (κ1) is 25.7. The molecule has 0 radical (unpaired) electrons. The van der Waals surface area contributed by atoms with E-state index in [1.165, 1.54) is 6.21 Å². The van der Waals surface area contributed by atoms with Gasteiger partial charge >= 0.3 is 0 Å². The number of amides is 2. The highest BCUT2D eigenvalue weighted by atomic mass is 16.5. The maximum atomic E-state index is 12.7. The van der Waals surface area contributed by atoms with Crippen LogP contribution in [0.5, 0.6) is 17.2 Å². The zero-order valence-electron chi connectivity index (χ0n) is 19.9. The smallest absolute Gasteiger partial charge is 0.262 e. The molecule has 0 aliphatic rings. The van der Waals surface area contributed by atoms with Gasteiger partial charge < -0.3 is 19.5 Å². The molecule has 2 aromatic rings. The van der Waals surface area contributed by atoms with Crippen LogP contribution in [-0.2, 0) is 9.59 Å². The lowest BCUT2D eigenvalue weighted by Gasteiger charge is -2.19. The first-order valence-corrected chi connectivity index (χ1v) is 11.0. The molecule has 0 heterocycles. The number of hydrazone groups is 1. The van der Waals surface area contributed by atoms with Crippen LogP contribution in [0.1, 0.15) is 38.3 Å². The average Bonchev–Trinajstić information content (AvgIpc) is 2.78. The predicted molar refractivity (Wildman–Crippen MR) is 128 cm³/mol. The molecule has 178 valence electrons. The van der Waals surface area contributed by atoms with E-state index in [0.29, 0.717) is 30.3 Å². The first-order valence-electron chi connectivity index (χ1n) is 11.0. The molecule has 0 spiro atoms. The second kappa shape index (κ2) is 13.1. The van der Waals surface area contributed by atoms with Gasteiger partial charge in [0, 0.05) is 0 Å². The lowest BCUT2D eigenvalue weighted by atomic mass is 10.0. The molecule has 0 fully saturated rings. The van der Waals surface area contributed by atoms with Crippen molar-refractivity contribution in [3.63, 3.8) is 0 Å². The SMILES string of the molecule is CCOc1cc(/C=N\NC(=O)[C@H](CC(C)C)NC(=O)COc2ccccc2C)ccc1OC. The van der Waals surface area contributed by atoms with Crippen LogP contribution in [0.2, 0.25) is 0 Å². The van der Waals surface area contributed by atoms with E-state index >= 15 is 0 Å². The van der Waals surface area contributed by atoms with Gasteiger partial charge in [-0.3, -0.25) is 9.59 Å². The fourth-order valence-electron chi connectivity index (χ4n) is 3.09. The van der Waals surface area contributed by atoms with Gasteiger partial charge in [0.25, 0.3) is 11.8 Å². The first-order chi connectivity index (χ1) is 15.8. The largest absolute Gasteiger partial charge is 0.493 e. The molecule has 2 aromatic carbocycles. The Hall–Kier alpha value is -3.55. The Kier molecular flexibility index (Phi) is 10.2. The van der Waals surface area contributed by atoms with E-state index in [1.54, 1.807) is 31.4 Å². The van der Waals surface area contributed by atoms with Gasteiger partial charge in [-0.05, 0) is 61.6 Å². The van der Waals surface area contributed by atoms with Crippen LogP contribution in [0.25, 0.3) is 0 Å². The van der Waals surface area contributed by atoms with E-state index in [-0.39, 0.29) is 18.4 Å². The molecule has 0 aromatic heterocycles. The third-order valence-corrected chi connectivity index (χ3v) is 4.69. The molecule has 8 nitrogen and oxygen atoms in total. The van der Waals surface area contributed by atoms with Crippen molar-refractivity contribution in [1.82, 2.24) is 10.7 Å². The predicted octanol–water partition coefficient (Wildman–Crippen LogP) is 3.46. The van der Waals surface area contributed by atoms with E-state index in [9.17, 15) is 9.59 Å². The summed E-state index contributed by atoms with van der Waals surface area (Å²) in [5, 5.41) is 6.78. The van der Waals surface area contributed by atoms with E-state index < -0.39 is 11.9 Å². The van der Waals surface area contributed by atoms with Crippen LogP contribution in [0, 0.1) is 12.8 Å². The van der Waals surface area contributed by atoms with Crippen molar-refractivity contribution in [3.05, 3.63) is 53.6 Å². The summed E-state index contributed by atoms with van der Waals surface area (Å²) in [7, 11) is 1.57. The highest BCUT2D eigenvalue weighted by Crippen LogP contribution is 2.27. The second-order valence-corrected chi connectivity index (χ2v) is 7.88. The topological polar surface area (TPSA) is 98.2 Å². The lowest BCUT2D eigenvalue weighted by Crippen LogP contribution is -2.47. The van der Waals surface area contributed by atoms with E-state index in [0.717, 1.165) is 11.1 Å². The monoisotopic (exact) mass is 455 g/mol. The molecule has 1 atom stereocenters. The number of methoxy groups -OCH3 is 1. The van der Waals surface area contributed by atoms with Crippen LogP contribution in [0.15, 0.2) is 47.6 Å². The molecule has 0 saturated heterocycles. The number of benzene rings is 2. The molecule has 2 N–H and O–H groups in total. The number of rotatable bonds is 12. The number of hydrogen-bond donors (Lipinski definition) is 2. The van der Waals surface area contributed by atoms with Gasteiger partial charge in [0.15, 0.2) is 18.1 Å². The highest BCUT2D eigenvalue weighted by Gasteiger charge is 2.22. The summed E-state index contributed by atoms with van der Waals surface area (Å²) in [5.41, 5.74) is 4.17. The van der Waals surface area contributed by atoms with Crippen LogP contribution in [0.3, 0.4) is 0 Å².